The third-order valence-corrected chi connectivity index (χ3v) is 3.81. The second kappa shape index (κ2) is 4.53. The third kappa shape index (κ3) is 3.34. The third-order valence-electron chi connectivity index (χ3n) is 1.96. The number of phenolic OH excluding ortho intramolecular Hbond substituents is 1. The van der Waals surface area contributed by atoms with Crippen LogP contribution < -0.4 is 0 Å². The number of phenols is 1. The van der Waals surface area contributed by atoms with E-state index in [9.17, 15) is 26.7 Å². The van der Waals surface area contributed by atoms with Crippen molar-refractivity contribution >= 4 is 10.0 Å². The molecule has 0 amide bonds. The smallest absolute Gasteiger partial charge is 0.402 e. The average molecular weight is 269 g/mol. The van der Waals surface area contributed by atoms with Crippen LogP contribution in [0.25, 0.3) is 0 Å². The molecule has 0 heterocycles. The van der Waals surface area contributed by atoms with Crippen molar-refractivity contribution in [1.29, 1.82) is 0 Å². The lowest BCUT2D eigenvalue weighted by atomic mass is 10.3. The van der Waals surface area contributed by atoms with Crippen LogP contribution in [0.1, 0.15) is 0 Å². The molecule has 8 heteroatoms. The first-order chi connectivity index (χ1) is 7.64. The Kier molecular flexibility index (Phi) is 3.68. The largest absolute Gasteiger partial charge is 0.507 e. The molecule has 0 spiro atoms. The van der Waals surface area contributed by atoms with Crippen LogP contribution in [0.3, 0.4) is 0 Å². The summed E-state index contributed by atoms with van der Waals surface area (Å²) in [5.74, 6) is -0.582. The molecule has 0 radical (unpaired) electrons. The van der Waals surface area contributed by atoms with E-state index in [0.717, 1.165) is 19.2 Å². The fourth-order valence-corrected chi connectivity index (χ4v) is 2.42. The highest BCUT2D eigenvalue weighted by atomic mass is 32.2. The summed E-state index contributed by atoms with van der Waals surface area (Å²) in [6.45, 7) is -1.61. The number of sulfonamides is 1. The highest BCUT2D eigenvalue weighted by molar-refractivity contribution is 7.89. The number of hydrogen-bond donors (Lipinski definition) is 1. The van der Waals surface area contributed by atoms with Gasteiger partial charge in [-0.15, -0.1) is 0 Å². The first-order valence-corrected chi connectivity index (χ1v) is 5.89. The van der Waals surface area contributed by atoms with Gasteiger partial charge in [-0.05, 0) is 12.1 Å². The SMILES string of the molecule is CN(CC(F)(F)F)S(=O)(=O)c1ccccc1O. The molecule has 0 aromatic heterocycles. The number of benzene rings is 1. The summed E-state index contributed by atoms with van der Waals surface area (Å²) in [6, 6.07) is 4.82. The molecule has 1 aromatic carbocycles. The van der Waals surface area contributed by atoms with E-state index in [1.54, 1.807) is 0 Å². The quantitative estimate of drug-likeness (QED) is 0.906. The minimum atomic E-state index is -4.63. The molecule has 0 atom stereocenters. The Balaban J connectivity index is 3.09. The van der Waals surface area contributed by atoms with Gasteiger partial charge in [-0.3, -0.25) is 0 Å². The zero-order valence-electron chi connectivity index (χ0n) is 8.77. The van der Waals surface area contributed by atoms with Crippen molar-refractivity contribution in [2.75, 3.05) is 13.6 Å². The molecule has 96 valence electrons. The Hall–Kier alpha value is -1.28. The van der Waals surface area contributed by atoms with E-state index >= 15 is 0 Å². The van der Waals surface area contributed by atoms with E-state index < -0.39 is 33.4 Å². The second-order valence-corrected chi connectivity index (χ2v) is 5.36. The predicted octanol–water partition coefficient (Wildman–Crippen LogP) is 1.57. The first kappa shape index (κ1) is 13.8. The molecule has 0 saturated heterocycles. The van der Waals surface area contributed by atoms with Gasteiger partial charge >= 0.3 is 6.18 Å². The Morgan fingerprint density at radius 3 is 2.29 bits per heavy atom. The Morgan fingerprint density at radius 2 is 1.82 bits per heavy atom. The van der Waals surface area contributed by atoms with E-state index in [1.165, 1.54) is 12.1 Å². The molecular weight excluding hydrogens is 259 g/mol. The van der Waals surface area contributed by atoms with Gasteiger partial charge in [0.1, 0.15) is 17.2 Å². The number of alkyl halides is 3. The zero-order chi connectivity index (χ0) is 13.3. The zero-order valence-corrected chi connectivity index (χ0v) is 9.59. The molecular formula is C9H10F3NO3S. The van der Waals surface area contributed by atoms with Crippen LogP contribution in [0.2, 0.25) is 0 Å². The normalized spacial score (nSPS) is 13.0. The average Bonchev–Trinajstić information content (AvgIpc) is 2.15. The van der Waals surface area contributed by atoms with Crippen LogP contribution in [-0.4, -0.2) is 37.6 Å². The van der Waals surface area contributed by atoms with Gasteiger partial charge in [-0.25, -0.2) is 8.42 Å². The summed E-state index contributed by atoms with van der Waals surface area (Å²) in [7, 11) is -3.54. The van der Waals surface area contributed by atoms with Gasteiger partial charge in [0.05, 0.1) is 0 Å². The standard InChI is InChI=1S/C9H10F3NO3S/c1-13(6-9(10,11)12)17(15,16)8-5-3-2-4-7(8)14/h2-5,14H,6H2,1H3. The van der Waals surface area contributed by atoms with Crippen molar-refractivity contribution in [3.8, 4) is 5.75 Å². The highest BCUT2D eigenvalue weighted by Gasteiger charge is 2.35. The van der Waals surface area contributed by atoms with Gasteiger partial charge in [-0.2, -0.15) is 17.5 Å². The van der Waals surface area contributed by atoms with Gasteiger partial charge in [0.2, 0.25) is 10.0 Å². The van der Waals surface area contributed by atoms with Crippen molar-refractivity contribution in [2.24, 2.45) is 0 Å². The number of para-hydroxylation sites is 1. The summed E-state index contributed by atoms with van der Waals surface area (Å²) in [5.41, 5.74) is 0. The molecule has 1 N–H and O–H groups in total. The summed E-state index contributed by atoms with van der Waals surface area (Å²) in [6.07, 6.45) is -4.63. The van der Waals surface area contributed by atoms with E-state index in [0.29, 0.717) is 0 Å². The fourth-order valence-electron chi connectivity index (χ4n) is 1.18. The lowest BCUT2D eigenvalue weighted by Gasteiger charge is -2.19. The van der Waals surface area contributed by atoms with Crippen molar-refractivity contribution in [1.82, 2.24) is 4.31 Å². The molecule has 0 bridgehead atoms. The Labute approximate surface area is 96.3 Å². The molecule has 17 heavy (non-hydrogen) atoms. The van der Waals surface area contributed by atoms with E-state index in [-0.39, 0.29) is 4.31 Å². The highest BCUT2D eigenvalue weighted by Crippen LogP contribution is 2.26. The van der Waals surface area contributed by atoms with Crippen LogP contribution in [0, 0.1) is 0 Å². The van der Waals surface area contributed by atoms with Gasteiger partial charge in [-0.1, -0.05) is 12.1 Å². The van der Waals surface area contributed by atoms with Crippen LogP contribution >= 0.6 is 0 Å². The monoisotopic (exact) mass is 269 g/mol. The van der Waals surface area contributed by atoms with Crippen molar-refractivity contribution in [2.45, 2.75) is 11.1 Å². The summed E-state index contributed by atoms with van der Waals surface area (Å²) in [5, 5.41) is 9.31. The van der Waals surface area contributed by atoms with Crippen molar-refractivity contribution in [3.63, 3.8) is 0 Å². The van der Waals surface area contributed by atoms with E-state index in [1.807, 2.05) is 0 Å². The Morgan fingerprint density at radius 1 is 1.29 bits per heavy atom. The fraction of sp³-hybridized carbons (Fsp3) is 0.333. The van der Waals surface area contributed by atoms with Crippen LogP contribution in [0.15, 0.2) is 29.2 Å². The lowest BCUT2D eigenvalue weighted by molar-refractivity contribution is -0.134. The summed E-state index contributed by atoms with van der Waals surface area (Å²) >= 11 is 0. The number of hydrogen-bond acceptors (Lipinski definition) is 3. The van der Waals surface area contributed by atoms with Gasteiger partial charge in [0.15, 0.2) is 0 Å². The predicted molar refractivity (Wildman–Crippen MR) is 54.0 cm³/mol. The van der Waals surface area contributed by atoms with Gasteiger partial charge < -0.3 is 5.11 Å². The summed E-state index contributed by atoms with van der Waals surface area (Å²) in [4.78, 5) is -0.549. The van der Waals surface area contributed by atoms with E-state index in [2.05, 4.69) is 0 Å². The van der Waals surface area contributed by atoms with Crippen molar-refractivity contribution in [3.05, 3.63) is 24.3 Å². The minimum Gasteiger partial charge on any atom is -0.507 e. The molecule has 0 aliphatic rings. The van der Waals surface area contributed by atoms with E-state index in [4.69, 9.17) is 0 Å². The maximum absolute atomic E-state index is 12.1. The maximum atomic E-state index is 12.1. The van der Waals surface area contributed by atoms with Crippen LogP contribution in [-0.2, 0) is 10.0 Å². The second-order valence-electron chi connectivity index (χ2n) is 3.34. The Bertz CT molecular complexity index is 498. The van der Waals surface area contributed by atoms with Gasteiger partial charge in [0.25, 0.3) is 0 Å². The molecule has 0 saturated carbocycles. The number of nitrogens with zero attached hydrogens (tertiary/aromatic N) is 1. The molecule has 1 rings (SSSR count). The van der Waals surface area contributed by atoms with Gasteiger partial charge in [0, 0.05) is 7.05 Å². The van der Waals surface area contributed by atoms with Crippen molar-refractivity contribution < 1.29 is 26.7 Å². The maximum Gasteiger partial charge on any atom is 0.402 e. The summed E-state index contributed by atoms with van der Waals surface area (Å²) < 4.78 is 59.8. The molecule has 4 nitrogen and oxygen atoms in total. The topological polar surface area (TPSA) is 57.6 Å². The number of rotatable bonds is 3. The molecule has 0 aliphatic heterocycles. The molecule has 0 unspecified atom stereocenters. The molecule has 0 aliphatic carbocycles. The lowest BCUT2D eigenvalue weighted by Crippen LogP contribution is -2.35. The molecule has 1 aromatic rings. The minimum absolute atomic E-state index is 0.141. The number of aromatic hydroxyl groups is 1. The van der Waals surface area contributed by atoms with Crippen LogP contribution in [0.5, 0.6) is 5.75 Å². The van der Waals surface area contributed by atoms with Crippen LogP contribution in [0.4, 0.5) is 13.2 Å². The first-order valence-electron chi connectivity index (χ1n) is 4.45. The molecule has 0 fully saturated rings. The number of halogens is 3.